The Labute approximate surface area is 113 Å². The van der Waals surface area contributed by atoms with Gasteiger partial charge in [0.1, 0.15) is 5.75 Å². The molecule has 17 heavy (non-hydrogen) atoms. The van der Waals surface area contributed by atoms with Gasteiger partial charge >= 0.3 is 0 Å². The van der Waals surface area contributed by atoms with Crippen LogP contribution in [0.4, 0.5) is 0 Å². The molecule has 1 N–H and O–H groups in total. The lowest BCUT2D eigenvalue weighted by Gasteiger charge is -2.27. The Morgan fingerprint density at radius 1 is 1.41 bits per heavy atom. The third-order valence-corrected chi connectivity index (χ3v) is 3.72. The second-order valence-corrected chi connectivity index (χ2v) is 5.67. The van der Waals surface area contributed by atoms with Crippen LogP contribution in [0.1, 0.15) is 26.7 Å². The fourth-order valence-corrected chi connectivity index (χ4v) is 2.17. The van der Waals surface area contributed by atoms with Gasteiger partial charge in [0.15, 0.2) is 0 Å². The highest BCUT2D eigenvalue weighted by molar-refractivity contribution is 9.10. The molecule has 96 valence electrons. The summed E-state index contributed by atoms with van der Waals surface area (Å²) in [6.45, 7) is 6.33. The average molecular weight is 300 g/mol. The van der Waals surface area contributed by atoms with Gasteiger partial charge in [0.05, 0.1) is 6.61 Å². The predicted molar refractivity (Wildman–Crippen MR) is 76.6 cm³/mol. The van der Waals surface area contributed by atoms with Crippen molar-refractivity contribution in [1.29, 1.82) is 0 Å². The summed E-state index contributed by atoms with van der Waals surface area (Å²) in [7, 11) is 2.00. The van der Waals surface area contributed by atoms with Crippen LogP contribution in [-0.4, -0.2) is 20.2 Å². The van der Waals surface area contributed by atoms with Crippen molar-refractivity contribution >= 4 is 15.9 Å². The van der Waals surface area contributed by atoms with E-state index in [0.717, 1.165) is 36.2 Å². The molecule has 0 bridgehead atoms. The molecule has 0 aliphatic rings. The summed E-state index contributed by atoms with van der Waals surface area (Å²) in [5, 5.41) is 3.25. The van der Waals surface area contributed by atoms with Crippen LogP contribution >= 0.6 is 15.9 Å². The third-order valence-electron chi connectivity index (χ3n) is 3.23. The zero-order valence-electron chi connectivity index (χ0n) is 10.9. The molecule has 0 aromatic heterocycles. The van der Waals surface area contributed by atoms with Crippen LogP contribution in [-0.2, 0) is 0 Å². The van der Waals surface area contributed by atoms with Crippen LogP contribution < -0.4 is 10.1 Å². The molecule has 1 atom stereocenters. The summed E-state index contributed by atoms with van der Waals surface area (Å²) in [4.78, 5) is 0. The van der Waals surface area contributed by atoms with Crippen molar-refractivity contribution in [2.75, 3.05) is 20.2 Å². The van der Waals surface area contributed by atoms with Gasteiger partial charge in [-0.05, 0) is 43.5 Å². The normalized spacial score (nSPS) is 14.4. The van der Waals surface area contributed by atoms with Gasteiger partial charge in [-0.15, -0.1) is 0 Å². The number of ether oxygens (including phenoxy) is 1. The van der Waals surface area contributed by atoms with Crippen molar-refractivity contribution in [3.05, 3.63) is 28.7 Å². The van der Waals surface area contributed by atoms with E-state index >= 15 is 0 Å². The van der Waals surface area contributed by atoms with Gasteiger partial charge in [-0.25, -0.2) is 0 Å². The van der Waals surface area contributed by atoms with Crippen molar-refractivity contribution in [3.63, 3.8) is 0 Å². The smallest absolute Gasteiger partial charge is 0.120 e. The van der Waals surface area contributed by atoms with Crippen molar-refractivity contribution in [2.24, 2.45) is 5.41 Å². The molecule has 0 amide bonds. The SMILES string of the molecule is CCC(C)(CCOc1cccc(Br)c1)CNC. The molecular weight excluding hydrogens is 278 g/mol. The molecule has 1 aromatic rings. The molecular formula is C14H22BrNO. The number of hydrogen-bond donors (Lipinski definition) is 1. The Balaban J connectivity index is 2.41. The topological polar surface area (TPSA) is 21.3 Å². The molecule has 0 aliphatic carbocycles. The van der Waals surface area contributed by atoms with Gasteiger partial charge in [-0.2, -0.15) is 0 Å². The summed E-state index contributed by atoms with van der Waals surface area (Å²) in [5.41, 5.74) is 0.320. The van der Waals surface area contributed by atoms with Crippen LogP contribution in [0.15, 0.2) is 28.7 Å². The minimum Gasteiger partial charge on any atom is -0.494 e. The fourth-order valence-electron chi connectivity index (χ4n) is 1.79. The molecule has 0 fully saturated rings. The Morgan fingerprint density at radius 2 is 2.18 bits per heavy atom. The molecule has 0 heterocycles. The molecule has 1 aromatic carbocycles. The lowest BCUT2D eigenvalue weighted by Crippen LogP contribution is -2.30. The van der Waals surface area contributed by atoms with E-state index in [9.17, 15) is 0 Å². The summed E-state index contributed by atoms with van der Waals surface area (Å²) in [6, 6.07) is 7.99. The maximum atomic E-state index is 5.77. The average Bonchev–Trinajstić information content (AvgIpc) is 2.29. The largest absolute Gasteiger partial charge is 0.494 e. The molecule has 2 nitrogen and oxygen atoms in total. The van der Waals surface area contributed by atoms with E-state index in [0.29, 0.717) is 5.41 Å². The number of halogens is 1. The summed E-state index contributed by atoms with van der Waals surface area (Å²) in [6.07, 6.45) is 2.23. The van der Waals surface area contributed by atoms with E-state index in [2.05, 4.69) is 35.1 Å². The second-order valence-electron chi connectivity index (χ2n) is 4.75. The standard InChI is InChI=1S/C14H22BrNO/c1-4-14(2,11-16-3)8-9-17-13-7-5-6-12(15)10-13/h5-7,10,16H,4,8-9,11H2,1-3H3. The highest BCUT2D eigenvalue weighted by atomic mass is 79.9. The molecule has 0 spiro atoms. The lowest BCUT2D eigenvalue weighted by molar-refractivity contribution is 0.203. The summed E-state index contributed by atoms with van der Waals surface area (Å²) >= 11 is 3.44. The predicted octanol–water partition coefficient (Wildman–Crippen LogP) is 3.85. The third kappa shape index (κ3) is 5.09. The molecule has 0 aliphatic heterocycles. The first kappa shape index (κ1) is 14.5. The van der Waals surface area contributed by atoms with Gasteiger partial charge in [0.25, 0.3) is 0 Å². The lowest BCUT2D eigenvalue weighted by atomic mass is 9.84. The summed E-state index contributed by atoms with van der Waals surface area (Å²) < 4.78 is 6.83. The van der Waals surface area contributed by atoms with Gasteiger partial charge in [0, 0.05) is 11.0 Å². The van der Waals surface area contributed by atoms with Crippen LogP contribution in [0.25, 0.3) is 0 Å². The minimum absolute atomic E-state index is 0.320. The number of rotatable bonds is 7. The molecule has 0 radical (unpaired) electrons. The van der Waals surface area contributed by atoms with Gasteiger partial charge in [-0.1, -0.05) is 35.8 Å². The summed E-state index contributed by atoms with van der Waals surface area (Å²) in [5.74, 6) is 0.933. The first-order valence-corrected chi connectivity index (χ1v) is 6.92. The van der Waals surface area contributed by atoms with Crippen LogP contribution in [0, 0.1) is 5.41 Å². The van der Waals surface area contributed by atoms with Crippen LogP contribution in [0.2, 0.25) is 0 Å². The molecule has 3 heteroatoms. The van der Waals surface area contributed by atoms with Crippen LogP contribution in [0.3, 0.4) is 0 Å². The zero-order valence-corrected chi connectivity index (χ0v) is 12.5. The van der Waals surface area contributed by atoms with Gasteiger partial charge in [-0.3, -0.25) is 0 Å². The van der Waals surface area contributed by atoms with Crippen LogP contribution in [0.5, 0.6) is 5.75 Å². The van der Waals surface area contributed by atoms with E-state index in [1.54, 1.807) is 0 Å². The van der Waals surface area contributed by atoms with Gasteiger partial charge in [0.2, 0.25) is 0 Å². The molecule has 0 saturated carbocycles. The Morgan fingerprint density at radius 3 is 2.76 bits per heavy atom. The van der Waals surface area contributed by atoms with E-state index in [-0.39, 0.29) is 0 Å². The van der Waals surface area contributed by atoms with Gasteiger partial charge < -0.3 is 10.1 Å². The van der Waals surface area contributed by atoms with E-state index in [1.165, 1.54) is 0 Å². The maximum Gasteiger partial charge on any atom is 0.120 e. The number of benzene rings is 1. The molecule has 1 rings (SSSR count). The highest BCUT2D eigenvalue weighted by Gasteiger charge is 2.20. The fraction of sp³-hybridized carbons (Fsp3) is 0.571. The van der Waals surface area contributed by atoms with Crippen molar-refractivity contribution in [1.82, 2.24) is 5.32 Å². The first-order chi connectivity index (χ1) is 8.09. The maximum absolute atomic E-state index is 5.77. The second kappa shape index (κ2) is 7.02. The quantitative estimate of drug-likeness (QED) is 0.826. The van der Waals surface area contributed by atoms with E-state index in [1.807, 2.05) is 31.3 Å². The molecule has 0 saturated heterocycles. The Hall–Kier alpha value is -0.540. The highest BCUT2D eigenvalue weighted by Crippen LogP contribution is 2.25. The minimum atomic E-state index is 0.320. The zero-order chi connectivity index (χ0) is 12.7. The molecule has 1 unspecified atom stereocenters. The monoisotopic (exact) mass is 299 g/mol. The van der Waals surface area contributed by atoms with E-state index < -0.39 is 0 Å². The number of nitrogens with one attached hydrogen (secondary N) is 1. The Bertz CT molecular complexity index is 343. The van der Waals surface area contributed by atoms with E-state index in [4.69, 9.17) is 4.74 Å². The van der Waals surface area contributed by atoms with Crippen molar-refractivity contribution in [2.45, 2.75) is 26.7 Å². The Kier molecular flexibility index (Phi) is 6.00. The first-order valence-electron chi connectivity index (χ1n) is 6.12. The number of hydrogen-bond acceptors (Lipinski definition) is 2. The van der Waals surface area contributed by atoms with Crippen molar-refractivity contribution in [3.8, 4) is 5.75 Å². The van der Waals surface area contributed by atoms with Crippen molar-refractivity contribution < 1.29 is 4.74 Å².